The third kappa shape index (κ3) is 3.03. The number of aromatic nitrogens is 1. The Morgan fingerprint density at radius 2 is 1.60 bits per heavy atom. The number of hydrogen-bond donors (Lipinski definition) is 3. The van der Waals surface area contributed by atoms with E-state index in [4.69, 9.17) is 4.74 Å². The quantitative estimate of drug-likeness (QED) is 0.181. The number of nitrogens with zero attached hydrogens (tertiary/aromatic N) is 1. The molecule has 1 amide bonds. The van der Waals surface area contributed by atoms with Gasteiger partial charge in [0.15, 0.2) is 0 Å². The number of nitrogens with one attached hydrogen (secondary N) is 1. The minimum absolute atomic E-state index is 0.0857. The van der Waals surface area contributed by atoms with Crippen LogP contribution in [0.15, 0.2) is 90.6 Å². The van der Waals surface area contributed by atoms with E-state index in [-0.39, 0.29) is 22.6 Å². The van der Waals surface area contributed by atoms with Gasteiger partial charge >= 0.3 is 11.9 Å². The molecule has 1 saturated heterocycles. The number of benzene rings is 3. The van der Waals surface area contributed by atoms with Crippen molar-refractivity contribution in [1.82, 2.24) is 4.98 Å². The molecule has 5 rings (SSSR count). The Morgan fingerprint density at radius 1 is 0.943 bits per heavy atom. The number of phenolic OH excluding ortho intramolecular Hbond substituents is 1. The number of aliphatic hydroxyl groups excluding tert-OH is 1. The highest BCUT2D eigenvalue weighted by molar-refractivity contribution is 6.54. The number of carbonyl (C=O) groups excluding carboxylic acids is 3. The summed E-state index contributed by atoms with van der Waals surface area (Å²) in [6.45, 7) is 0. The van der Waals surface area contributed by atoms with Crippen molar-refractivity contribution < 1.29 is 29.3 Å². The number of anilines is 1. The van der Waals surface area contributed by atoms with E-state index in [0.29, 0.717) is 10.9 Å². The average Bonchev–Trinajstić information content (AvgIpc) is 3.42. The summed E-state index contributed by atoms with van der Waals surface area (Å²) in [5.74, 6) is -4.05. The molecule has 0 spiro atoms. The number of para-hydroxylation sites is 3. The monoisotopic (exact) mass is 468 g/mol. The third-order valence-electron chi connectivity index (χ3n) is 6.19. The number of aromatic hydroxyl groups is 1. The number of aliphatic hydroxyl groups is 1. The van der Waals surface area contributed by atoms with Crippen LogP contribution in [-0.2, 0) is 24.7 Å². The lowest BCUT2D eigenvalue weighted by atomic mass is 9.80. The zero-order valence-electron chi connectivity index (χ0n) is 18.6. The number of phenols is 1. The molecule has 1 fully saturated rings. The smallest absolute Gasteiger partial charge is 0.342 e. The Morgan fingerprint density at radius 3 is 2.31 bits per heavy atom. The zero-order chi connectivity index (χ0) is 24.7. The van der Waals surface area contributed by atoms with E-state index in [0.717, 1.165) is 12.0 Å². The van der Waals surface area contributed by atoms with Gasteiger partial charge < -0.3 is 19.9 Å². The number of amides is 1. The molecular weight excluding hydrogens is 448 g/mol. The molecule has 1 atom stereocenters. The second kappa shape index (κ2) is 8.18. The predicted molar refractivity (Wildman–Crippen MR) is 129 cm³/mol. The van der Waals surface area contributed by atoms with Gasteiger partial charge in [-0.1, -0.05) is 60.7 Å². The highest BCUT2D eigenvalue weighted by Gasteiger charge is 2.65. The van der Waals surface area contributed by atoms with Crippen LogP contribution in [0, 0.1) is 0 Å². The first kappa shape index (κ1) is 22.0. The fourth-order valence-electron chi connectivity index (χ4n) is 4.68. The second-order valence-electron chi connectivity index (χ2n) is 8.00. The average molecular weight is 468 g/mol. The molecule has 0 aliphatic carbocycles. The van der Waals surface area contributed by atoms with Crippen molar-refractivity contribution >= 4 is 40.0 Å². The number of fused-ring (bicyclic) bond motifs is 1. The van der Waals surface area contributed by atoms with E-state index in [1.54, 1.807) is 66.7 Å². The molecule has 1 aliphatic heterocycles. The summed E-state index contributed by atoms with van der Waals surface area (Å²) in [4.78, 5) is 44.9. The van der Waals surface area contributed by atoms with Gasteiger partial charge in [-0.15, -0.1) is 0 Å². The standard InChI is InChI=1S/C27H20N2O6/c1-35-26(34)27(18-15-28-19-12-6-5-11-17(18)19)22(23(31)16-9-3-2-4-10-16)24(32)25(33)29(27)20-13-7-8-14-21(20)30/h2-15,28,30-31H,1H3/b23-22-. The van der Waals surface area contributed by atoms with Crippen LogP contribution < -0.4 is 4.90 Å². The van der Waals surface area contributed by atoms with E-state index in [9.17, 15) is 24.6 Å². The van der Waals surface area contributed by atoms with Crippen molar-refractivity contribution in [3.8, 4) is 5.75 Å². The fraction of sp³-hybridized carbons (Fsp3) is 0.0741. The molecule has 1 unspecified atom stereocenters. The van der Waals surface area contributed by atoms with Crippen LogP contribution in [0.5, 0.6) is 5.75 Å². The first-order valence-electron chi connectivity index (χ1n) is 10.7. The minimum atomic E-state index is -2.23. The van der Waals surface area contributed by atoms with Gasteiger partial charge in [-0.2, -0.15) is 0 Å². The van der Waals surface area contributed by atoms with Crippen molar-refractivity contribution in [2.75, 3.05) is 12.0 Å². The van der Waals surface area contributed by atoms with Gasteiger partial charge in [-0.25, -0.2) is 4.79 Å². The lowest BCUT2D eigenvalue weighted by Gasteiger charge is -2.36. The number of Topliss-reactive ketones (excluding diaryl/α,β-unsaturated/α-hetero) is 1. The third-order valence-corrected chi connectivity index (χ3v) is 6.19. The van der Waals surface area contributed by atoms with E-state index >= 15 is 0 Å². The number of ether oxygens (including phenoxy) is 1. The van der Waals surface area contributed by atoms with E-state index in [1.165, 1.54) is 18.3 Å². The van der Waals surface area contributed by atoms with Gasteiger partial charge in [0, 0.05) is 28.2 Å². The van der Waals surface area contributed by atoms with Crippen molar-refractivity contribution in [2.45, 2.75) is 5.54 Å². The number of hydrogen-bond acceptors (Lipinski definition) is 6. The summed E-state index contributed by atoms with van der Waals surface area (Å²) in [6, 6.07) is 21.0. The van der Waals surface area contributed by atoms with E-state index in [1.807, 2.05) is 0 Å². The number of aromatic amines is 1. The molecule has 3 aromatic carbocycles. The van der Waals surface area contributed by atoms with Crippen LogP contribution in [0.1, 0.15) is 11.1 Å². The van der Waals surface area contributed by atoms with Crippen LogP contribution in [-0.4, -0.2) is 40.0 Å². The first-order valence-corrected chi connectivity index (χ1v) is 10.7. The molecule has 0 saturated carbocycles. The molecule has 1 aliphatic rings. The first-order chi connectivity index (χ1) is 16.9. The Labute approximate surface area is 199 Å². The Kier molecular flexibility index (Phi) is 5.13. The molecule has 0 radical (unpaired) electrons. The lowest BCUT2D eigenvalue weighted by molar-refractivity contribution is -0.146. The minimum Gasteiger partial charge on any atom is -0.507 e. The van der Waals surface area contributed by atoms with Crippen molar-refractivity contribution in [3.63, 3.8) is 0 Å². The predicted octanol–water partition coefficient (Wildman–Crippen LogP) is 3.83. The summed E-state index contributed by atoms with van der Waals surface area (Å²) in [6.07, 6.45) is 1.50. The molecule has 1 aromatic heterocycles. The number of methoxy groups -OCH3 is 1. The maximum absolute atomic E-state index is 13.8. The van der Waals surface area contributed by atoms with Crippen LogP contribution >= 0.6 is 0 Å². The summed E-state index contributed by atoms with van der Waals surface area (Å²) < 4.78 is 5.19. The van der Waals surface area contributed by atoms with Gasteiger partial charge in [0.2, 0.25) is 5.54 Å². The summed E-state index contributed by atoms with van der Waals surface area (Å²) in [5, 5.41) is 22.6. The van der Waals surface area contributed by atoms with Gasteiger partial charge in [0.25, 0.3) is 5.78 Å². The van der Waals surface area contributed by atoms with Crippen LogP contribution in [0.2, 0.25) is 0 Å². The summed E-state index contributed by atoms with van der Waals surface area (Å²) in [7, 11) is 1.13. The molecule has 4 aromatic rings. The molecule has 174 valence electrons. The van der Waals surface area contributed by atoms with Gasteiger partial charge in [0.1, 0.15) is 11.5 Å². The number of H-pyrrole nitrogens is 1. The number of rotatable bonds is 4. The zero-order valence-corrected chi connectivity index (χ0v) is 18.6. The molecule has 3 N–H and O–H groups in total. The second-order valence-corrected chi connectivity index (χ2v) is 8.00. The van der Waals surface area contributed by atoms with Gasteiger partial charge in [-0.05, 0) is 18.2 Å². The maximum Gasteiger partial charge on any atom is 0.342 e. The van der Waals surface area contributed by atoms with Gasteiger partial charge in [0.05, 0.1) is 18.4 Å². The molecule has 8 heteroatoms. The normalized spacial score (nSPS) is 19.3. The van der Waals surface area contributed by atoms with E-state index < -0.39 is 34.5 Å². The maximum atomic E-state index is 13.8. The molecule has 8 nitrogen and oxygen atoms in total. The summed E-state index contributed by atoms with van der Waals surface area (Å²) >= 11 is 0. The molecule has 0 bridgehead atoms. The Balaban J connectivity index is 1.98. The van der Waals surface area contributed by atoms with Crippen molar-refractivity contribution in [3.05, 3.63) is 102 Å². The number of esters is 1. The van der Waals surface area contributed by atoms with Crippen molar-refractivity contribution in [2.24, 2.45) is 0 Å². The highest BCUT2D eigenvalue weighted by atomic mass is 16.5. The molecule has 35 heavy (non-hydrogen) atoms. The fourth-order valence-corrected chi connectivity index (χ4v) is 4.68. The molecule has 2 heterocycles. The SMILES string of the molecule is COC(=O)C1(c2c[nH]c3ccccc23)/C(=C(\O)c2ccccc2)C(=O)C(=O)N1c1ccccc1O. The number of ketones is 1. The Bertz CT molecular complexity index is 1520. The largest absolute Gasteiger partial charge is 0.507 e. The van der Waals surface area contributed by atoms with Crippen molar-refractivity contribution in [1.29, 1.82) is 0 Å². The lowest BCUT2D eigenvalue weighted by Crippen LogP contribution is -2.51. The molecular formula is C27H20N2O6. The van der Waals surface area contributed by atoms with E-state index in [2.05, 4.69) is 4.98 Å². The van der Waals surface area contributed by atoms with Gasteiger partial charge in [-0.3, -0.25) is 14.5 Å². The van der Waals surface area contributed by atoms with Crippen LogP contribution in [0.4, 0.5) is 5.69 Å². The topological polar surface area (TPSA) is 120 Å². The number of carbonyl (C=O) groups is 3. The summed E-state index contributed by atoms with van der Waals surface area (Å²) in [5.41, 5.74) is -1.71. The highest BCUT2D eigenvalue weighted by Crippen LogP contribution is 2.51. The Hall–Kier alpha value is -4.85. The van der Waals surface area contributed by atoms with Crippen LogP contribution in [0.3, 0.4) is 0 Å². The van der Waals surface area contributed by atoms with Crippen LogP contribution in [0.25, 0.3) is 16.7 Å².